The minimum atomic E-state index is -0.781. The number of ether oxygens (including phenoxy) is 3. The summed E-state index contributed by atoms with van der Waals surface area (Å²) in [6, 6.07) is 0. The Morgan fingerprint density at radius 3 is 0.889 bits per heavy atom. The fraction of sp³-hybridized carbons (Fsp3) is 0.742. The van der Waals surface area contributed by atoms with Crippen molar-refractivity contribution in [2.75, 3.05) is 13.2 Å². The lowest BCUT2D eigenvalue weighted by Gasteiger charge is -2.18. The highest BCUT2D eigenvalue weighted by Crippen LogP contribution is 2.16. The molecule has 0 rings (SSSR count). The van der Waals surface area contributed by atoms with Crippen LogP contribution in [0, 0.1) is 0 Å². The zero-order valence-electron chi connectivity index (χ0n) is 47.4. The zero-order chi connectivity index (χ0) is 52.2. The molecule has 0 aromatic rings. The van der Waals surface area contributed by atoms with E-state index in [2.05, 4.69) is 106 Å². The van der Waals surface area contributed by atoms with Crippen LogP contribution in [0.4, 0.5) is 0 Å². The highest BCUT2D eigenvalue weighted by molar-refractivity contribution is 5.71. The summed E-state index contributed by atoms with van der Waals surface area (Å²) in [6.45, 7) is 6.48. The van der Waals surface area contributed by atoms with E-state index in [4.69, 9.17) is 14.2 Å². The third-order valence-corrected chi connectivity index (χ3v) is 13.1. The van der Waals surface area contributed by atoms with Crippen molar-refractivity contribution in [1.29, 1.82) is 0 Å². The van der Waals surface area contributed by atoms with Crippen LogP contribution in [0.3, 0.4) is 0 Å². The van der Waals surface area contributed by atoms with Gasteiger partial charge in [0.05, 0.1) is 0 Å². The molecule has 0 amide bonds. The molecule has 0 spiro atoms. The molecule has 0 saturated carbocycles. The van der Waals surface area contributed by atoms with Gasteiger partial charge in [-0.3, -0.25) is 14.4 Å². The molecule has 0 N–H and O–H groups in total. The Kier molecular flexibility index (Phi) is 57.3. The van der Waals surface area contributed by atoms with Crippen LogP contribution in [0.1, 0.15) is 297 Å². The molecule has 0 aliphatic carbocycles. The van der Waals surface area contributed by atoms with Gasteiger partial charge in [-0.2, -0.15) is 0 Å². The molecule has 0 radical (unpaired) electrons. The summed E-state index contributed by atoms with van der Waals surface area (Å²) < 4.78 is 16.9. The van der Waals surface area contributed by atoms with Crippen LogP contribution in [0.25, 0.3) is 0 Å². The van der Waals surface area contributed by atoms with Crippen LogP contribution >= 0.6 is 0 Å². The molecule has 0 aromatic carbocycles. The number of allylic oxidation sites excluding steroid dienone is 14. The maximum absolute atomic E-state index is 12.8. The number of esters is 3. The van der Waals surface area contributed by atoms with Crippen molar-refractivity contribution >= 4 is 17.9 Å². The van der Waals surface area contributed by atoms with Crippen LogP contribution in [-0.4, -0.2) is 37.2 Å². The molecule has 0 heterocycles. The van der Waals surface area contributed by atoms with Gasteiger partial charge in [0.2, 0.25) is 0 Å². The molecule has 1 unspecified atom stereocenters. The van der Waals surface area contributed by atoms with Gasteiger partial charge < -0.3 is 14.2 Å². The Labute approximate surface area is 445 Å². The number of hydrogen-bond acceptors (Lipinski definition) is 6. The van der Waals surface area contributed by atoms with E-state index in [0.29, 0.717) is 19.3 Å². The summed E-state index contributed by atoms with van der Waals surface area (Å²) in [5, 5.41) is 0. The van der Waals surface area contributed by atoms with Crippen molar-refractivity contribution in [2.24, 2.45) is 0 Å². The average molecular weight is 1000 g/mol. The summed E-state index contributed by atoms with van der Waals surface area (Å²) in [7, 11) is 0. The predicted octanol–water partition coefficient (Wildman–Crippen LogP) is 20.7. The van der Waals surface area contributed by atoms with Crippen LogP contribution in [-0.2, 0) is 28.6 Å². The molecule has 6 nitrogen and oxygen atoms in total. The summed E-state index contributed by atoms with van der Waals surface area (Å²) in [6.07, 6.45) is 78.7. The van der Waals surface area contributed by atoms with Gasteiger partial charge >= 0.3 is 17.9 Å². The first-order valence-electron chi connectivity index (χ1n) is 30.6. The van der Waals surface area contributed by atoms with E-state index in [1.165, 1.54) is 141 Å². The van der Waals surface area contributed by atoms with Gasteiger partial charge in [-0.05, 0) is 89.9 Å². The number of hydrogen-bond donors (Lipinski definition) is 0. The van der Waals surface area contributed by atoms with E-state index in [9.17, 15) is 14.4 Å². The van der Waals surface area contributed by atoms with E-state index in [1.807, 2.05) is 0 Å². The Hall–Kier alpha value is -3.41. The molecule has 0 aliphatic rings. The molecule has 0 aromatic heterocycles. The summed E-state index contributed by atoms with van der Waals surface area (Å²) >= 11 is 0. The smallest absolute Gasteiger partial charge is 0.306 e. The third-order valence-electron chi connectivity index (χ3n) is 13.1. The lowest BCUT2D eigenvalue weighted by atomic mass is 10.0. The molecule has 0 bridgehead atoms. The van der Waals surface area contributed by atoms with E-state index in [-0.39, 0.29) is 31.1 Å². The highest BCUT2D eigenvalue weighted by atomic mass is 16.6. The molecule has 6 heteroatoms. The second-order valence-corrected chi connectivity index (χ2v) is 20.2. The Bertz CT molecular complexity index is 1380. The van der Waals surface area contributed by atoms with Crippen LogP contribution < -0.4 is 0 Å². The molecule has 0 fully saturated rings. The largest absolute Gasteiger partial charge is 0.462 e. The normalized spacial score (nSPS) is 12.7. The van der Waals surface area contributed by atoms with Crippen molar-refractivity contribution in [3.05, 3.63) is 85.1 Å². The quantitative estimate of drug-likeness (QED) is 0.0261. The number of rotatable bonds is 55. The van der Waals surface area contributed by atoms with E-state index >= 15 is 0 Å². The van der Waals surface area contributed by atoms with Crippen molar-refractivity contribution < 1.29 is 28.6 Å². The first-order chi connectivity index (χ1) is 35.5. The predicted molar refractivity (Wildman–Crippen MR) is 311 cm³/mol. The second-order valence-electron chi connectivity index (χ2n) is 20.2. The lowest BCUT2D eigenvalue weighted by molar-refractivity contribution is -0.167. The third kappa shape index (κ3) is 57.5. The first kappa shape index (κ1) is 68.6. The van der Waals surface area contributed by atoms with Gasteiger partial charge in [-0.15, -0.1) is 0 Å². The number of carbonyl (C=O) groups excluding carboxylic acids is 3. The van der Waals surface area contributed by atoms with Crippen molar-refractivity contribution in [3.63, 3.8) is 0 Å². The van der Waals surface area contributed by atoms with Crippen molar-refractivity contribution in [3.8, 4) is 0 Å². The monoisotopic (exact) mass is 1000 g/mol. The van der Waals surface area contributed by atoms with Gasteiger partial charge in [0.25, 0.3) is 0 Å². The fourth-order valence-electron chi connectivity index (χ4n) is 8.55. The van der Waals surface area contributed by atoms with Crippen LogP contribution in [0.15, 0.2) is 85.1 Å². The molecule has 72 heavy (non-hydrogen) atoms. The summed E-state index contributed by atoms with van der Waals surface area (Å²) in [4.78, 5) is 38.1. The summed E-state index contributed by atoms with van der Waals surface area (Å²) in [5.41, 5.74) is 0. The molecule has 0 aliphatic heterocycles. The molecular weight excluding hydrogens is 889 g/mol. The molecule has 0 saturated heterocycles. The van der Waals surface area contributed by atoms with Gasteiger partial charge in [0.1, 0.15) is 13.2 Å². The van der Waals surface area contributed by atoms with Crippen LogP contribution in [0.2, 0.25) is 0 Å². The van der Waals surface area contributed by atoms with E-state index in [1.54, 1.807) is 0 Å². The summed E-state index contributed by atoms with van der Waals surface area (Å²) in [5.74, 6) is -0.886. The lowest BCUT2D eigenvalue weighted by Crippen LogP contribution is -2.30. The first-order valence-corrected chi connectivity index (χ1v) is 30.6. The minimum absolute atomic E-state index is 0.0790. The highest BCUT2D eigenvalue weighted by Gasteiger charge is 2.19. The minimum Gasteiger partial charge on any atom is -0.462 e. The van der Waals surface area contributed by atoms with Gasteiger partial charge in [0.15, 0.2) is 6.10 Å². The second kappa shape index (κ2) is 60.1. The standard InChI is InChI=1S/C66H114O6/c1-4-7-10-13-16-19-22-24-26-27-28-29-30-31-32-33-34-35-36-37-38-39-40-42-44-47-50-53-56-59-65(68)71-62-63(61-70-64(67)58-55-52-49-46-43-21-18-15-12-9-6-3)72-66(69)60-57-54-51-48-45-41-25-23-20-17-14-11-8-5-2/h7,10,14,16-17,19,23-26,28-29,31-32,63H,4-6,8-9,11-13,15,18,20-22,27,30,33-62H2,1-3H3/b10-7-,17-14-,19-16-,25-23-,26-24-,29-28-,32-31-. The van der Waals surface area contributed by atoms with E-state index in [0.717, 1.165) is 116 Å². The zero-order valence-corrected chi connectivity index (χ0v) is 47.4. The van der Waals surface area contributed by atoms with Gasteiger partial charge in [0, 0.05) is 19.3 Å². The Balaban J connectivity index is 4.19. The van der Waals surface area contributed by atoms with Crippen molar-refractivity contribution in [1.82, 2.24) is 0 Å². The van der Waals surface area contributed by atoms with Gasteiger partial charge in [-0.1, -0.05) is 273 Å². The maximum atomic E-state index is 12.8. The number of carbonyl (C=O) groups is 3. The average Bonchev–Trinajstić information content (AvgIpc) is 3.38. The molecule has 1 atom stereocenters. The molecular formula is C66H114O6. The Morgan fingerprint density at radius 2 is 0.556 bits per heavy atom. The topological polar surface area (TPSA) is 78.9 Å². The van der Waals surface area contributed by atoms with Gasteiger partial charge in [-0.25, -0.2) is 0 Å². The fourth-order valence-corrected chi connectivity index (χ4v) is 8.55. The van der Waals surface area contributed by atoms with Crippen molar-refractivity contribution in [2.45, 2.75) is 303 Å². The SMILES string of the molecule is CC/C=C\C/C=C\C/C=C\C/C=C\C/C=C\CCCCCCCCCCCCCCCC(=O)OCC(COC(=O)CCCCCCCCCCCCC)OC(=O)CCCCCCC/C=C\C/C=C\CCCC. The van der Waals surface area contributed by atoms with Crippen LogP contribution in [0.5, 0.6) is 0 Å². The van der Waals surface area contributed by atoms with E-state index < -0.39 is 6.10 Å². The maximum Gasteiger partial charge on any atom is 0.306 e. The number of unbranched alkanes of at least 4 members (excludes halogenated alkanes) is 30. The molecule has 414 valence electrons. The Morgan fingerprint density at radius 1 is 0.292 bits per heavy atom.